The highest BCUT2D eigenvalue weighted by atomic mass is 16.6. The second-order valence-corrected chi connectivity index (χ2v) is 6.35. The van der Waals surface area contributed by atoms with Crippen molar-refractivity contribution < 1.29 is 9.53 Å². The zero-order valence-electron chi connectivity index (χ0n) is 12.0. The van der Waals surface area contributed by atoms with Gasteiger partial charge in [0.15, 0.2) is 0 Å². The molecule has 0 aliphatic carbocycles. The molecule has 2 atom stereocenters. The van der Waals surface area contributed by atoms with Gasteiger partial charge < -0.3 is 9.64 Å². The number of carbonyl (C=O) groups is 1. The van der Waals surface area contributed by atoms with E-state index >= 15 is 0 Å². The van der Waals surface area contributed by atoms with Gasteiger partial charge in [-0.1, -0.05) is 6.92 Å². The lowest BCUT2D eigenvalue weighted by atomic mass is 9.93. The van der Waals surface area contributed by atoms with E-state index < -0.39 is 0 Å². The summed E-state index contributed by atoms with van der Waals surface area (Å²) in [6.07, 6.45) is 3.00. The molecule has 3 nitrogen and oxygen atoms in total. The summed E-state index contributed by atoms with van der Waals surface area (Å²) < 4.78 is 5.32. The van der Waals surface area contributed by atoms with Gasteiger partial charge in [-0.05, 0) is 53.0 Å². The van der Waals surface area contributed by atoms with Gasteiger partial charge in [0.1, 0.15) is 5.60 Å². The maximum absolute atomic E-state index is 11.6. The van der Waals surface area contributed by atoms with Crippen molar-refractivity contribution in [3.8, 4) is 0 Å². The molecule has 1 aliphatic heterocycles. The third kappa shape index (κ3) is 5.53. The Hall–Kier alpha value is -0.570. The van der Waals surface area contributed by atoms with Crippen LogP contribution in [0.4, 0.5) is 0 Å². The van der Waals surface area contributed by atoms with Gasteiger partial charge in [-0.3, -0.25) is 4.79 Å². The van der Waals surface area contributed by atoms with E-state index in [4.69, 9.17) is 4.74 Å². The van der Waals surface area contributed by atoms with Crippen LogP contribution in [0.15, 0.2) is 0 Å². The molecule has 1 saturated heterocycles. The molecule has 100 valence electrons. The highest BCUT2D eigenvalue weighted by Gasteiger charge is 2.24. The lowest BCUT2D eigenvalue weighted by molar-refractivity contribution is -0.155. The number of hydrogen-bond donors (Lipinski definition) is 0. The van der Waals surface area contributed by atoms with Crippen molar-refractivity contribution in [2.24, 2.45) is 5.92 Å². The third-order valence-electron chi connectivity index (χ3n) is 3.30. The molecular weight excluding hydrogens is 214 g/mol. The van der Waals surface area contributed by atoms with Gasteiger partial charge in [-0.25, -0.2) is 0 Å². The summed E-state index contributed by atoms with van der Waals surface area (Å²) in [5.74, 6) is 0.742. The molecule has 1 fully saturated rings. The number of esters is 1. The Morgan fingerprint density at radius 1 is 1.35 bits per heavy atom. The van der Waals surface area contributed by atoms with Gasteiger partial charge in [0.25, 0.3) is 0 Å². The van der Waals surface area contributed by atoms with Crippen LogP contribution in [0.2, 0.25) is 0 Å². The molecule has 1 rings (SSSR count). The quantitative estimate of drug-likeness (QED) is 0.712. The fraction of sp³-hybridized carbons (Fsp3) is 0.929. The lowest BCUT2D eigenvalue weighted by Crippen LogP contribution is -2.41. The van der Waals surface area contributed by atoms with Crippen LogP contribution in [0.3, 0.4) is 0 Å². The number of carbonyl (C=O) groups excluding carboxylic acids is 1. The molecule has 0 radical (unpaired) electrons. The fourth-order valence-electron chi connectivity index (χ4n) is 2.42. The van der Waals surface area contributed by atoms with Crippen LogP contribution >= 0.6 is 0 Å². The normalized spacial score (nSPS) is 26.9. The molecule has 0 amide bonds. The third-order valence-corrected chi connectivity index (χ3v) is 3.30. The number of likely N-dealkylation sites (tertiary alicyclic amines) is 1. The number of piperidine rings is 1. The van der Waals surface area contributed by atoms with Crippen molar-refractivity contribution in [1.29, 1.82) is 0 Å². The standard InChI is InChI=1S/C14H27NO2/c1-11-6-8-15(12(2)10-11)9-7-13(16)17-14(3,4)5/h11-12H,6-10H2,1-5H3. The van der Waals surface area contributed by atoms with Gasteiger partial charge in [0.05, 0.1) is 6.42 Å². The minimum atomic E-state index is -0.362. The SMILES string of the molecule is CC1CCN(CCC(=O)OC(C)(C)C)C(C)C1. The zero-order chi connectivity index (χ0) is 13.1. The number of hydrogen-bond acceptors (Lipinski definition) is 3. The van der Waals surface area contributed by atoms with Gasteiger partial charge >= 0.3 is 5.97 Å². The maximum Gasteiger partial charge on any atom is 0.307 e. The van der Waals surface area contributed by atoms with E-state index in [1.807, 2.05) is 20.8 Å². The first-order chi connectivity index (χ1) is 7.78. The molecule has 0 aromatic rings. The van der Waals surface area contributed by atoms with Gasteiger partial charge in [-0.15, -0.1) is 0 Å². The van der Waals surface area contributed by atoms with Gasteiger partial charge in [0.2, 0.25) is 0 Å². The Bertz CT molecular complexity index is 257. The second kappa shape index (κ2) is 5.85. The monoisotopic (exact) mass is 241 g/mol. The van der Waals surface area contributed by atoms with E-state index in [1.54, 1.807) is 0 Å². The van der Waals surface area contributed by atoms with Crippen LogP contribution < -0.4 is 0 Å². The van der Waals surface area contributed by atoms with Crippen LogP contribution in [0.25, 0.3) is 0 Å². The highest BCUT2D eigenvalue weighted by Crippen LogP contribution is 2.22. The molecule has 0 aromatic carbocycles. The van der Waals surface area contributed by atoms with Crippen molar-refractivity contribution in [3.63, 3.8) is 0 Å². The molecule has 17 heavy (non-hydrogen) atoms. The Labute approximate surface area is 106 Å². The first-order valence-electron chi connectivity index (χ1n) is 6.74. The van der Waals surface area contributed by atoms with Crippen molar-refractivity contribution in [2.45, 2.75) is 65.5 Å². The molecule has 0 N–H and O–H groups in total. The fourth-order valence-corrected chi connectivity index (χ4v) is 2.42. The van der Waals surface area contributed by atoms with E-state index in [1.165, 1.54) is 12.8 Å². The summed E-state index contributed by atoms with van der Waals surface area (Å²) in [5.41, 5.74) is -0.362. The van der Waals surface area contributed by atoms with Gasteiger partial charge in [-0.2, -0.15) is 0 Å². The number of nitrogens with zero attached hydrogens (tertiary/aromatic N) is 1. The first kappa shape index (κ1) is 14.5. The molecule has 1 aliphatic rings. The Kier molecular flexibility index (Phi) is 4.99. The maximum atomic E-state index is 11.6. The average Bonchev–Trinajstić information content (AvgIpc) is 2.13. The molecule has 0 aromatic heterocycles. The van der Waals surface area contributed by atoms with Crippen LogP contribution in [-0.2, 0) is 9.53 Å². The van der Waals surface area contributed by atoms with E-state index in [-0.39, 0.29) is 11.6 Å². The minimum Gasteiger partial charge on any atom is -0.460 e. The van der Waals surface area contributed by atoms with E-state index in [0.717, 1.165) is 19.0 Å². The number of rotatable bonds is 3. The number of ether oxygens (including phenoxy) is 1. The largest absolute Gasteiger partial charge is 0.460 e. The average molecular weight is 241 g/mol. The van der Waals surface area contributed by atoms with E-state index in [2.05, 4.69) is 18.7 Å². The summed E-state index contributed by atoms with van der Waals surface area (Å²) in [5, 5.41) is 0. The first-order valence-corrected chi connectivity index (χ1v) is 6.74. The molecule has 2 unspecified atom stereocenters. The van der Waals surface area contributed by atoms with Crippen molar-refractivity contribution in [2.75, 3.05) is 13.1 Å². The van der Waals surface area contributed by atoms with Crippen molar-refractivity contribution >= 4 is 5.97 Å². The topological polar surface area (TPSA) is 29.5 Å². The van der Waals surface area contributed by atoms with Crippen LogP contribution in [-0.4, -0.2) is 35.6 Å². The summed E-state index contributed by atoms with van der Waals surface area (Å²) in [6.45, 7) is 12.3. The molecule has 0 bridgehead atoms. The highest BCUT2D eigenvalue weighted by molar-refractivity contribution is 5.70. The minimum absolute atomic E-state index is 0.0803. The molecule has 3 heteroatoms. The van der Waals surface area contributed by atoms with Crippen LogP contribution in [0.1, 0.15) is 53.9 Å². The second-order valence-electron chi connectivity index (χ2n) is 6.35. The Morgan fingerprint density at radius 3 is 2.53 bits per heavy atom. The van der Waals surface area contributed by atoms with Crippen LogP contribution in [0.5, 0.6) is 0 Å². The summed E-state index contributed by atoms with van der Waals surface area (Å²) in [6, 6.07) is 0.598. The van der Waals surface area contributed by atoms with E-state index in [0.29, 0.717) is 12.5 Å². The zero-order valence-corrected chi connectivity index (χ0v) is 12.0. The smallest absolute Gasteiger partial charge is 0.307 e. The Morgan fingerprint density at radius 2 is 2.00 bits per heavy atom. The molecular formula is C14H27NO2. The van der Waals surface area contributed by atoms with Gasteiger partial charge in [0, 0.05) is 12.6 Å². The summed E-state index contributed by atoms with van der Waals surface area (Å²) >= 11 is 0. The van der Waals surface area contributed by atoms with Crippen LogP contribution in [0, 0.1) is 5.92 Å². The predicted molar refractivity (Wildman–Crippen MR) is 69.9 cm³/mol. The predicted octanol–water partition coefficient (Wildman–Crippen LogP) is 2.84. The Balaban J connectivity index is 2.28. The molecule has 0 saturated carbocycles. The summed E-state index contributed by atoms with van der Waals surface area (Å²) in [4.78, 5) is 14.0. The van der Waals surface area contributed by atoms with Crippen molar-refractivity contribution in [1.82, 2.24) is 4.90 Å². The van der Waals surface area contributed by atoms with E-state index in [9.17, 15) is 4.79 Å². The van der Waals surface area contributed by atoms with Crippen molar-refractivity contribution in [3.05, 3.63) is 0 Å². The molecule has 0 spiro atoms. The lowest BCUT2D eigenvalue weighted by Gasteiger charge is -2.36. The molecule has 1 heterocycles. The summed E-state index contributed by atoms with van der Waals surface area (Å²) in [7, 11) is 0.